The third-order valence-corrected chi connectivity index (χ3v) is 2.16. The van der Waals surface area contributed by atoms with Crippen molar-refractivity contribution in [1.29, 1.82) is 0 Å². The second-order valence-corrected chi connectivity index (χ2v) is 3.37. The van der Waals surface area contributed by atoms with Crippen molar-refractivity contribution in [3.8, 4) is 0 Å². The first-order chi connectivity index (χ1) is 8.04. The molecule has 1 fully saturated rings. The smallest absolute Gasteiger partial charge is 0.402 e. The number of carbonyl (C=O) groups is 3. The molecule has 17 heavy (non-hydrogen) atoms. The van der Waals surface area contributed by atoms with Crippen LogP contribution in [0, 0.1) is 6.42 Å². The van der Waals surface area contributed by atoms with Crippen LogP contribution in [0.2, 0.25) is 0 Å². The summed E-state index contributed by atoms with van der Waals surface area (Å²) in [5.41, 5.74) is 0. The SMILES string of the molecule is C/C=C/C(=O)NC(=O)/C=C/C1[CH-]CN1C(=O)O. The van der Waals surface area contributed by atoms with Crippen LogP contribution in [0.5, 0.6) is 0 Å². The fraction of sp³-hybridized carbons (Fsp3) is 0.273. The van der Waals surface area contributed by atoms with Gasteiger partial charge in [0.1, 0.15) is 0 Å². The maximum atomic E-state index is 11.2. The average Bonchev–Trinajstić information content (AvgIpc) is 2.14. The second-order valence-electron chi connectivity index (χ2n) is 3.37. The third kappa shape index (κ3) is 3.75. The lowest BCUT2D eigenvalue weighted by molar-refractivity contribution is -0.125. The molecule has 2 N–H and O–H groups in total. The van der Waals surface area contributed by atoms with E-state index in [2.05, 4.69) is 5.32 Å². The summed E-state index contributed by atoms with van der Waals surface area (Å²) in [4.78, 5) is 34.0. The molecule has 92 valence electrons. The van der Waals surface area contributed by atoms with E-state index >= 15 is 0 Å². The van der Waals surface area contributed by atoms with E-state index in [1.807, 2.05) is 0 Å². The van der Waals surface area contributed by atoms with Crippen molar-refractivity contribution in [2.24, 2.45) is 0 Å². The second kappa shape index (κ2) is 5.83. The number of nitrogens with zero attached hydrogens (tertiary/aromatic N) is 1. The van der Waals surface area contributed by atoms with E-state index in [0.717, 1.165) is 11.0 Å². The van der Waals surface area contributed by atoms with Crippen LogP contribution in [0.15, 0.2) is 24.3 Å². The lowest BCUT2D eigenvalue weighted by atomic mass is 10.0. The number of likely N-dealkylation sites (tertiary alicyclic amines) is 1. The van der Waals surface area contributed by atoms with Crippen molar-refractivity contribution < 1.29 is 19.5 Å². The Morgan fingerprint density at radius 1 is 1.35 bits per heavy atom. The zero-order valence-electron chi connectivity index (χ0n) is 9.29. The predicted molar refractivity (Wildman–Crippen MR) is 59.9 cm³/mol. The zero-order valence-corrected chi connectivity index (χ0v) is 9.29. The van der Waals surface area contributed by atoms with E-state index in [1.165, 1.54) is 18.2 Å². The van der Waals surface area contributed by atoms with Gasteiger partial charge < -0.3 is 10.0 Å². The Labute approximate surface area is 98.6 Å². The molecule has 1 aliphatic heterocycles. The maximum absolute atomic E-state index is 11.2. The van der Waals surface area contributed by atoms with Gasteiger partial charge in [-0.05, 0) is 19.1 Å². The molecule has 1 atom stereocenters. The molecule has 1 unspecified atom stereocenters. The molecular formula is C11H13N2O4-. The summed E-state index contributed by atoms with van der Waals surface area (Å²) in [6.45, 7) is 2.01. The summed E-state index contributed by atoms with van der Waals surface area (Å²) in [7, 11) is 0. The van der Waals surface area contributed by atoms with Gasteiger partial charge in [-0.2, -0.15) is 0 Å². The van der Waals surface area contributed by atoms with Crippen molar-refractivity contribution in [3.05, 3.63) is 30.7 Å². The first kappa shape index (κ1) is 13.0. The van der Waals surface area contributed by atoms with Gasteiger partial charge in [-0.25, -0.2) is 4.79 Å². The van der Waals surface area contributed by atoms with Crippen molar-refractivity contribution in [3.63, 3.8) is 0 Å². The van der Waals surface area contributed by atoms with Crippen LogP contribution < -0.4 is 5.32 Å². The van der Waals surface area contributed by atoms with Gasteiger partial charge in [-0.15, -0.1) is 6.54 Å². The van der Waals surface area contributed by atoms with Gasteiger partial charge in [0.15, 0.2) is 0 Å². The average molecular weight is 237 g/mol. The molecular weight excluding hydrogens is 224 g/mol. The normalized spacial score (nSPS) is 19.4. The Morgan fingerprint density at radius 2 is 2.00 bits per heavy atom. The molecule has 6 heteroatoms. The minimum absolute atomic E-state index is 0.351. The van der Waals surface area contributed by atoms with Gasteiger partial charge in [-0.1, -0.05) is 18.2 Å². The van der Waals surface area contributed by atoms with Crippen molar-refractivity contribution in [1.82, 2.24) is 10.2 Å². The number of hydrogen-bond acceptors (Lipinski definition) is 3. The van der Waals surface area contributed by atoms with Crippen LogP contribution in [0.1, 0.15) is 6.92 Å². The molecule has 0 spiro atoms. The molecule has 1 heterocycles. The first-order valence-electron chi connectivity index (χ1n) is 5.03. The summed E-state index contributed by atoms with van der Waals surface area (Å²) in [5, 5.41) is 10.8. The molecule has 0 bridgehead atoms. The predicted octanol–water partition coefficient (Wildman–Crippen LogP) is 0.328. The van der Waals surface area contributed by atoms with E-state index in [1.54, 1.807) is 13.3 Å². The van der Waals surface area contributed by atoms with Gasteiger partial charge in [-0.3, -0.25) is 21.3 Å². The highest BCUT2D eigenvalue weighted by molar-refractivity contribution is 6.05. The molecule has 1 saturated heterocycles. The molecule has 1 rings (SSSR count). The molecule has 0 aliphatic carbocycles. The Kier molecular flexibility index (Phi) is 4.45. The Bertz CT molecular complexity index is 387. The molecule has 1 aliphatic rings. The van der Waals surface area contributed by atoms with E-state index in [4.69, 9.17) is 5.11 Å². The minimum Gasteiger partial charge on any atom is -0.465 e. The van der Waals surface area contributed by atoms with Gasteiger partial charge in [0, 0.05) is 0 Å². The zero-order chi connectivity index (χ0) is 12.8. The Morgan fingerprint density at radius 3 is 2.47 bits per heavy atom. The molecule has 6 nitrogen and oxygen atoms in total. The van der Waals surface area contributed by atoms with Crippen LogP contribution >= 0.6 is 0 Å². The molecule has 3 amide bonds. The highest BCUT2D eigenvalue weighted by Gasteiger charge is 2.20. The number of nitrogens with one attached hydrogen (secondary N) is 1. The summed E-state index contributed by atoms with van der Waals surface area (Å²) in [6.07, 6.45) is 6.02. The highest BCUT2D eigenvalue weighted by Crippen LogP contribution is 2.16. The summed E-state index contributed by atoms with van der Waals surface area (Å²) in [5.74, 6) is -1.08. The standard InChI is InChI=1S/C11H13N2O4/c1-2-3-9(14)12-10(15)5-4-8-6-7-13(8)11(16)17/h2-6,8H,7H2,1H3,(H,16,17)(H,12,14,15)/q-1/b3-2+,5-4+. The minimum atomic E-state index is -1.03. The summed E-state index contributed by atoms with van der Waals surface area (Å²) < 4.78 is 0. The Balaban J connectivity index is 2.41. The fourth-order valence-corrected chi connectivity index (χ4v) is 1.26. The molecule has 0 aromatic rings. The largest absolute Gasteiger partial charge is 0.465 e. The molecule has 0 aromatic heterocycles. The number of carboxylic acid groups (broad SMARTS) is 1. The van der Waals surface area contributed by atoms with Crippen molar-refractivity contribution >= 4 is 17.9 Å². The quantitative estimate of drug-likeness (QED) is 0.547. The summed E-state index contributed by atoms with van der Waals surface area (Å²) in [6, 6.07) is -0.393. The molecule has 0 aromatic carbocycles. The van der Waals surface area contributed by atoms with E-state index < -0.39 is 23.9 Å². The topological polar surface area (TPSA) is 86.7 Å². The fourth-order valence-electron chi connectivity index (χ4n) is 1.26. The van der Waals surface area contributed by atoms with Gasteiger partial charge >= 0.3 is 6.09 Å². The highest BCUT2D eigenvalue weighted by atomic mass is 16.4. The number of imide groups is 1. The molecule has 0 radical (unpaired) electrons. The van der Waals surface area contributed by atoms with Crippen LogP contribution in [-0.4, -0.2) is 40.5 Å². The number of amides is 3. The molecule has 0 saturated carbocycles. The Hall–Kier alpha value is -2.11. The van der Waals surface area contributed by atoms with E-state index in [9.17, 15) is 14.4 Å². The van der Waals surface area contributed by atoms with Crippen LogP contribution in [0.4, 0.5) is 4.79 Å². The maximum Gasteiger partial charge on any atom is 0.402 e. The third-order valence-electron chi connectivity index (χ3n) is 2.16. The van der Waals surface area contributed by atoms with Crippen molar-refractivity contribution in [2.75, 3.05) is 6.54 Å². The van der Waals surface area contributed by atoms with Gasteiger partial charge in [0.2, 0.25) is 11.8 Å². The number of rotatable bonds is 3. The van der Waals surface area contributed by atoms with Gasteiger partial charge in [0.25, 0.3) is 0 Å². The van der Waals surface area contributed by atoms with E-state index in [-0.39, 0.29) is 0 Å². The number of hydrogen-bond donors (Lipinski definition) is 2. The lowest BCUT2D eigenvalue weighted by Crippen LogP contribution is -2.50. The first-order valence-corrected chi connectivity index (χ1v) is 5.03. The van der Waals surface area contributed by atoms with Crippen LogP contribution in [-0.2, 0) is 9.59 Å². The van der Waals surface area contributed by atoms with Gasteiger partial charge in [0.05, 0.1) is 0 Å². The van der Waals surface area contributed by atoms with Crippen LogP contribution in [0.3, 0.4) is 0 Å². The summed E-state index contributed by atoms with van der Waals surface area (Å²) >= 11 is 0. The number of carbonyl (C=O) groups excluding carboxylic acids is 2. The number of allylic oxidation sites excluding steroid dienone is 1. The monoisotopic (exact) mass is 237 g/mol. The van der Waals surface area contributed by atoms with Crippen molar-refractivity contribution in [2.45, 2.75) is 13.0 Å². The van der Waals surface area contributed by atoms with E-state index in [0.29, 0.717) is 6.54 Å². The van der Waals surface area contributed by atoms with Crippen LogP contribution in [0.25, 0.3) is 0 Å². The lowest BCUT2D eigenvalue weighted by Gasteiger charge is -2.47.